The van der Waals surface area contributed by atoms with Crippen molar-refractivity contribution in [2.24, 2.45) is 0 Å². The van der Waals surface area contributed by atoms with Gasteiger partial charge in [-0.05, 0) is 47.2 Å². The molecule has 0 fully saturated rings. The van der Waals surface area contributed by atoms with E-state index in [-0.39, 0.29) is 11.9 Å². The molecule has 1 unspecified atom stereocenters. The maximum absolute atomic E-state index is 11.2. The third-order valence-corrected chi connectivity index (χ3v) is 4.05. The Labute approximate surface area is 118 Å². The van der Waals surface area contributed by atoms with Crippen molar-refractivity contribution in [1.29, 1.82) is 0 Å². The first kappa shape index (κ1) is 13.0. The van der Waals surface area contributed by atoms with Crippen LogP contribution in [0.1, 0.15) is 24.5 Å². The van der Waals surface area contributed by atoms with Crippen LogP contribution in [-0.4, -0.2) is 19.1 Å². The molecule has 1 amide bonds. The van der Waals surface area contributed by atoms with Gasteiger partial charge in [0, 0.05) is 13.0 Å². The van der Waals surface area contributed by atoms with E-state index < -0.39 is 0 Å². The molecule has 0 saturated carbocycles. The minimum absolute atomic E-state index is 0.0400. The number of hydrogen-bond donors (Lipinski definition) is 1. The lowest BCUT2D eigenvalue weighted by atomic mass is 9.84. The van der Waals surface area contributed by atoms with Crippen LogP contribution in [0.5, 0.6) is 5.75 Å². The fourth-order valence-electron chi connectivity index (χ4n) is 3.21. The number of ether oxygens (including phenoxy) is 1. The Bertz CT molecular complexity index is 663. The maximum atomic E-state index is 11.2. The molecule has 2 aromatic rings. The molecule has 20 heavy (non-hydrogen) atoms. The van der Waals surface area contributed by atoms with E-state index >= 15 is 0 Å². The van der Waals surface area contributed by atoms with Crippen LogP contribution < -0.4 is 10.1 Å². The van der Waals surface area contributed by atoms with E-state index in [0.717, 1.165) is 25.0 Å². The first-order chi connectivity index (χ1) is 9.69. The number of fused-ring (bicyclic) bond motifs is 3. The normalized spacial score (nSPS) is 17.6. The van der Waals surface area contributed by atoms with E-state index in [9.17, 15) is 4.79 Å². The summed E-state index contributed by atoms with van der Waals surface area (Å²) in [5.41, 5.74) is 2.62. The Balaban J connectivity index is 2.08. The number of hydrogen-bond acceptors (Lipinski definition) is 2. The van der Waals surface area contributed by atoms with Crippen molar-refractivity contribution < 1.29 is 9.53 Å². The topological polar surface area (TPSA) is 38.3 Å². The monoisotopic (exact) mass is 269 g/mol. The van der Waals surface area contributed by atoms with Crippen LogP contribution in [-0.2, 0) is 17.6 Å². The summed E-state index contributed by atoms with van der Waals surface area (Å²) in [5.74, 6) is 0.979. The smallest absolute Gasteiger partial charge is 0.217 e. The predicted molar refractivity (Wildman–Crippen MR) is 80.1 cm³/mol. The second kappa shape index (κ2) is 5.16. The predicted octanol–water partition coefficient (Wildman–Crippen LogP) is 2.84. The summed E-state index contributed by atoms with van der Waals surface area (Å²) in [7, 11) is 1.71. The molecule has 2 aromatic carbocycles. The van der Waals surface area contributed by atoms with Crippen molar-refractivity contribution >= 4 is 16.7 Å². The molecule has 104 valence electrons. The highest BCUT2D eigenvalue weighted by Crippen LogP contribution is 2.36. The molecule has 3 heteroatoms. The van der Waals surface area contributed by atoms with Crippen LogP contribution in [0.25, 0.3) is 10.8 Å². The van der Waals surface area contributed by atoms with Crippen molar-refractivity contribution in [3.05, 3.63) is 41.5 Å². The molecule has 0 spiro atoms. The fraction of sp³-hybridized carbons (Fsp3) is 0.353. The molecular formula is C17H19NO2. The SMILES string of the molecule is COc1cc2ccccc2c2c1CC(NC(C)=O)CC2. The van der Waals surface area contributed by atoms with Gasteiger partial charge in [-0.3, -0.25) is 4.79 Å². The van der Waals surface area contributed by atoms with E-state index in [0.29, 0.717) is 0 Å². The summed E-state index contributed by atoms with van der Waals surface area (Å²) in [6, 6.07) is 10.7. The summed E-state index contributed by atoms with van der Waals surface area (Å²) >= 11 is 0. The molecule has 0 bridgehead atoms. The standard InChI is InChI=1S/C17H19NO2/c1-11(19)18-13-7-8-15-14-6-4-3-5-12(14)9-17(20-2)16(15)10-13/h3-6,9,13H,7-8,10H2,1-2H3,(H,18,19). The number of rotatable bonds is 2. The van der Waals surface area contributed by atoms with Crippen LogP contribution in [0.2, 0.25) is 0 Å². The highest BCUT2D eigenvalue weighted by molar-refractivity contribution is 5.89. The van der Waals surface area contributed by atoms with Gasteiger partial charge >= 0.3 is 0 Å². The van der Waals surface area contributed by atoms with E-state index in [1.54, 1.807) is 14.0 Å². The summed E-state index contributed by atoms with van der Waals surface area (Å²) < 4.78 is 5.56. The summed E-state index contributed by atoms with van der Waals surface area (Å²) in [4.78, 5) is 11.2. The average molecular weight is 269 g/mol. The van der Waals surface area contributed by atoms with Gasteiger partial charge < -0.3 is 10.1 Å². The van der Waals surface area contributed by atoms with Gasteiger partial charge in [-0.1, -0.05) is 24.3 Å². The zero-order valence-corrected chi connectivity index (χ0v) is 11.9. The van der Waals surface area contributed by atoms with Gasteiger partial charge in [0.25, 0.3) is 0 Å². The second-order valence-corrected chi connectivity index (χ2v) is 5.40. The lowest BCUT2D eigenvalue weighted by molar-refractivity contribution is -0.119. The van der Waals surface area contributed by atoms with Crippen LogP contribution in [0, 0.1) is 0 Å². The van der Waals surface area contributed by atoms with E-state index in [1.165, 1.54) is 21.9 Å². The minimum atomic E-state index is 0.0400. The van der Waals surface area contributed by atoms with Gasteiger partial charge in [-0.2, -0.15) is 0 Å². The van der Waals surface area contributed by atoms with E-state index in [2.05, 4.69) is 35.6 Å². The lowest BCUT2D eigenvalue weighted by Crippen LogP contribution is -2.37. The van der Waals surface area contributed by atoms with Gasteiger partial charge in [0.2, 0.25) is 5.91 Å². The van der Waals surface area contributed by atoms with Crippen LogP contribution in [0.4, 0.5) is 0 Å². The molecule has 0 aromatic heterocycles. The summed E-state index contributed by atoms with van der Waals surface area (Å²) in [6.45, 7) is 1.58. The first-order valence-corrected chi connectivity index (χ1v) is 7.03. The van der Waals surface area contributed by atoms with Crippen LogP contribution in [0.15, 0.2) is 30.3 Å². The molecule has 1 aliphatic carbocycles. The Morgan fingerprint density at radius 3 is 2.85 bits per heavy atom. The molecule has 3 rings (SSSR count). The van der Waals surface area contributed by atoms with Crippen LogP contribution >= 0.6 is 0 Å². The third kappa shape index (κ3) is 2.24. The maximum Gasteiger partial charge on any atom is 0.217 e. The Morgan fingerprint density at radius 1 is 1.30 bits per heavy atom. The Morgan fingerprint density at radius 2 is 2.10 bits per heavy atom. The number of benzene rings is 2. The Kier molecular flexibility index (Phi) is 3.35. The molecular weight excluding hydrogens is 250 g/mol. The van der Waals surface area contributed by atoms with Crippen molar-refractivity contribution in [3.63, 3.8) is 0 Å². The van der Waals surface area contributed by atoms with Gasteiger partial charge in [0.15, 0.2) is 0 Å². The molecule has 1 N–H and O–H groups in total. The zero-order valence-electron chi connectivity index (χ0n) is 11.9. The molecule has 0 aliphatic heterocycles. The quantitative estimate of drug-likeness (QED) is 0.910. The van der Waals surface area contributed by atoms with E-state index in [4.69, 9.17) is 4.74 Å². The summed E-state index contributed by atoms with van der Waals surface area (Å²) in [5, 5.41) is 5.56. The largest absolute Gasteiger partial charge is 0.496 e. The minimum Gasteiger partial charge on any atom is -0.496 e. The van der Waals surface area contributed by atoms with Gasteiger partial charge in [-0.15, -0.1) is 0 Å². The van der Waals surface area contributed by atoms with Crippen molar-refractivity contribution in [2.75, 3.05) is 7.11 Å². The first-order valence-electron chi connectivity index (χ1n) is 7.03. The fourth-order valence-corrected chi connectivity index (χ4v) is 3.21. The number of aryl methyl sites for hydroxylation is 1. The molecule has 1 aliphatic rings. The number of nitrogens with one attached hydrogen (secondary N) is 1. The molecule has 1 atom stereocenters. The van der Waals surface area contributed by atoms with Crippen molar-refractivity contribution in [2.45, 2.75) is 32.2 Å². The number of methoxy groups -OCH3 is 1. The summed E-state index contributed by atoms with van der Waals surface area (Å²) in [6.07, 6.45) is 2.82. The highest BCUT2D eigenvalue weighted by atomic mass is 16.5. The molecule has 3 nitrogen and oxygen atoms in total. The molecule has 0 saturated heterocycles. The lowest BCUT2D eigenvalue weighted by Gasteiger charge is -2.27. The number of amides is 1. The molecule has 0 heterocycles. The van der Waals surface area contributed by atoms with Crippen LogP contribution in [0.3, 0.4) is 0 Å². The Hall–Kier alpha value is -2.03. The van der Waals surface area contributed by atoms with Crippen molar-refractivity contribution in [1.82, 2.24) is 5.32 Å². The van der Waals surface area contributed by atoms with E-state index in [1.807, 2.05) is 0 Å². The number of carbonyl (C=O) groups is 1. The second-order valence-electron chi connectivity index (χ2n) is 5.40. The molecule has 0 radical (unpaired) electrons. The van der Waals surface area contributed by atoms with Gasteiger partial charge in [0.1, 0.15) is 5.75 Å². The number of carbonyl (C=O) groups excluding carboxylic acids is 1. The van der Waals surface area contributed by atoms with Gasteiger partial charge in [-0.25, -0.2) is 0 Å². The third-order valence-electron chi connectivity index (χ3n) is 4.05. The van der Waals surface area contributed by atoms with Crippen molar-refractivity contribution in [3.8, 4) is 5.75 Å². The average Bonchev–Trinajstić information content (AvgIpc) is 2.45. The van der Waals surface area contributed by atoms with Gasteiger partial charge in [0.05, 0.1) is 7.11 Å². The highest BCUT2D eigenvalue weighted by Gasteiger charge is 2.24. The zero-order chi connectivity index (χ0) is 14.1.